The zero-order valence-electron chi connectivity index (χ0n) is 22.6. The van der Waals surface area contributed by atoms with Crippen LogP contribution in [-0.2, 0) is 14.9 Å². The van der Waals surface area contributed by atoms with Gasteiger partial charge in [0.05, 0.1) is 28.4 Å². The molecule has 0 heterocycles. The van der Waals surface area contributed by atoms with Gasteiger partial charge in [-0.05, 0) is 104 Å². The molecule has 4 aliphatic carbocycles. The summed E-state index contributed by atoms with van der Waals surface area (Å²) in [6.07, 6.45) is 6.06. The Labute approximate surface area is 239 Å². The molecular weight excluding hydrogens is 491 g/mol. The molecule has 4 fully saturated rings. The van der Waals surface area contributed by atoms with Crippen LogP contribution in [0.2, 0.25) is 0 Å². The maximum atomic E-state index is 12.3. The van der Waals surface area contributed by atoms with E-state index in [1.165, 1.54) is 0 Å². The van der Waals surface area contributed by atoms with Crippen LogP contribution in [0.25, 0.3) is 0 Å². The standard InChI is InChI=1S/C27H46O7S.Na/c1-16(6-7-18(28)5-4-12-35(32,33)34)20-8-9-21-25-22(15-24(31)27(20,21)3)26(2)11-10-19(29)13-17(26)14-23(25)30;/h16-17,19-25,29-31H,4-15H2,1-3H3,(H,32,33,34);/q;+1/p-1/t16-,17+,19-,20-,21+,22+,23-,24+,25+,26+,27-;/m1./s1. The predicted octanol–water partition coefficient (Wildman–Crippen LogP) is 0.263. The molecule has 9 heteroatoms. The van der Waals surface area contributed by atoms with E-state index in [1.54, 1.807) is 0 Å². The van der Waals surface area contributed by atoms with E-state index in [2.05, 4.69) is 20.8 Å². The van der Waals surface area contributed by atoms with Crippen LogP contribution in [-0.4, -0.2) is 58.1 Å². The second-order valence-corrected chi connectivity index (χ2v) is 14.5. The van der Waals surface area contributed by atoms with E-state index in [4.69, 9.17) is 0 Å². The van der Waals surface area contributed by atoms with Crippen LogP contribution in [0.4, 0.5) is 0 Å². The molecule has 202 valence electrons. The number of carbonyl (C=O) groups excluding carboxylic acids is 1. The summed E-state index contributed by atoms with van der Waals surface area (Å²) in [7, 11) is -4.28. The first-order valence-electron chi connectivity index (χ1n) is 13.8. The fraction of sp³-hybridized carbons (Fsp3) is 0.963. The summed E-state index contributed by atoms with van der Waals surface area (Å²) in [6.45, 7) is 6.70. The molecule has 4 saturated carbocycles. The molecule has 0 radical (unpaired) electrons. The van der Waals surface area contributed by atoms with Gasteiger partial charge in [-0.25, -0.2) is 8.42 Å². The van der Waals surface area contributed by atoms with Gasteiger partial charge in [-0.3, -0.25) is 4.79 Å². The molecule has 0 aliphatic heterocycles. The van der Waals surface area contributed by atoms with E-state index in [0.717, 1.165) is 38.5 Å². The molecule has 4 aliphatic rings. The van der Waals surface area contributed by atoms with Gasteiger partial charge in [0.2, 0.25) is 0 Å². The third-order valence-corrected chi connectivity index (χ3v) is 12.0. The van der Waals surface area contributed by atoms with Gasteiger partial charge in [-0.2, -0.15) is 0 Å². The van der Waals surface area contributed by atoms with E-state index in [0.29, 0.717) is 25.2 Å². The van der Waals surface area contributed by atoms with Crippen LogP contribution in [0.15, 0.2) is 0 Å². The van der Waals surface area contributed by atoms with Gasteiger partial charge in [0.15, 0.2) is 0 Å². The van der Waals surface area contributed by atoms with Crippen molar-refractivity contribution in [1.82, 2.24) is 0 Å². The molecule has 0 aromatic rings. The van der Waals surface area contributed by atoms with Crippen molar-refractivity contribution < 1.29 is 62.6 Å². The Morgan fingerprint density at radius 2 is 1.72 bits per heavy atom. The van der Waals surface area contributed by atoms with Crippen molar-refractivity contribution in [3.05, 3.63) is 0 Å². The van der Waals surface area contributed by atoms with Crippen LogP contribution < -0.4 is 29.6 Å². The maximum Gasteiger partial charge on any atom is 1.00 e. The fourth-order valence-electron chi connectivity index (χ4n) is 9.29. The van der Waals surface area contributed by atoms with Gasteiger partial charge in [0.1, 0.15) is 5.78 Å². The summed E-state index contributed by atoms with van der Waals surface area (Å²) < 4.78 is 32.3. The number of aliphatic hydroxyl groups excluding tert-OH is 3. The molecule has 11 atom stereocenters. The molecule has 4 rings (SSSR count). The van der Waals surface area contributed by atoms with Crippen LogP contribution in [0.3, 0.4) is 0 Å². The van der Waals surface area contributed by atoms with Crippen molar-refractivity contribution in [1.29, 1.82) is 0 Å². The van der Waals surface area contributed by atoms with E-state index in [-0.39, 0.29) is 94.7 Å². The van der Waals surface area contributed by atoms with Crippen LogP contribution in [0, 0.1) is 46.3 Å². The zero-order valence-corrected chi connectivity index (χ0v) is 25.4. The molecule has 0 aromatic heterocycles. The second-order valence-electron chi connectivity index (χ2n) is 12.9. The number of Topliss-reactive ketones (excluding diaryl/α,β-unsaturated/α-hetero) is 1. The van der Waals surface area contributed by atoms with Gasteiger partial charge in [-0.15, -0.1) is 0 Å². The molecule has 0 aromatic carbocycles. The Morgan fingerprint density at radius 3 is 2.39 bits per heavy atom. The predicted molar refractivity (Wildman–Crippen MR) is 131 cm³/mol. The third-order valence-electron chi connectivity index (χ3n) is 11.2. The molecule has 7 nitrogen and oxygen atoms in total. The normalized spacial score (nSPS) is 45.1. The number of aliphatic hydroxyl groups is 3. The first kappa shape index (κ1) is 31.0. The van der Waals surface area contributed by atoms with Crippen LogP contribution in [0.5, 0.6) is 0 Å². The van der Waals surface area contributed by atoms with Crippen molar-refractivity contribution in [3.63, 3.8) is 0 Å². The molecule has 36 heavy (non-hydrogen) atoms. The van der Waals surface area contributed by atoms with Crippen LogP contribution in [0.1, 0.15) is 91.4 Å². The largest absolute Gasteiger partial charge is 1.00 e. The number of hydrogen-bond acceptors (Lipinski definition) is 7. The molecule has 0 spiro atoms. The number of carbonyl (C=O) groups is 1. The number of fused-ring (bicyclic) bond motifs is 5. The Morgan fingerprint density at radius 1 is 1.03 bits per heavy atom. The number of ketones is 1. The maximum absolute atomic E-state index is 12.3. The Hall–Kier alpha value is 0.460. The molecule has 3 N–H and O–H groups in total. The summed E-state index contributed by atoms with van der Waals surface area (Å²) in [4.78, 5) is 12.3. The minimum Gasteiger partial charge on any atom is -0.748 e. The van der Waals surface area contributed by atoms with Gasteiger partial charge in [-0.1, -0.05) is 20.8 Å². The second kappa shape index (κ2) is 11.5. The quantitative estimate of drug-likeness (QED) is 0.299. The zero-order chi connectivity index (χ0) is 25.8. The summed E-state index contributed by atoms with van der Waals surface area (Å²) >= 11 is 0. The average Bonchev–Trinajstić information content (AvgIpc) is 3.12. The summed E-state index contributed by atoms with van der Waals surface area (Å²) in [5.41, 5.74) is -0.238. The average molecular weight is 537 g/mol. The Bertz CT molecular complexity index is 897. The van der Waals surface area contributed by atoms with E-state index in [1.807, 2.05) is 0 Å². The first-order valence-corrected chi connectivity index (χ1v) is 15.3. The van der Waals surface area contributed by atoms with E-state index >= 15 is 0 Å². The van der Waals surface area contributed by atoms with Gasteiger partial charge in [0, 0.05) is 18.6 Å². The molecule has 0 saturated heterocycles. The molecule has 0 unspecified atom stereocenters. The Balaban J connectivity index is 0.00000361. The minimum atomic E-state index is -4.28. The van der Waals surface area contributed by atoms with Gasteiger partial charge >= 0.3 is 29.6 Å². The topological polar surface area (TPSA) is 135 Å². The van der Waals surface area contributed by atoms with Gasteiger partial charge < -0.3 is 19.9 Å². The monoisotopic (exact) mass is 536 g/mol. The van der Waals surface area contributed by atoms with Crippen molar-refractivity contribution in [2.24, 2.45) is 46.3 Å². The molecular formula is C27H45NaO7S. The minimum absolute atomic E-state index is 0. The van der Waals surface area contributed by atoms with Crippen molar-refractivity contribution in [3.8, 4) is 0 Å². The number of hydrogen-bond donors (Lipinski definition) is 3. The number of rotatable bonds is 8. The summed E-state index contributed by atoms with van der Waals surface area (Å²) in [6, 6.07) is 0. The smallest absolute Gasteiger partial charge is 0.748 e. The van der Waals surface area contributed by atoms with Crippen molar-refractivity contribution in [2.45, 2.75) is 110 Å². The summed E-state index contributed by atoms with van der Waals surface area (Å²) in [5, 5.41) is 33.2. The van der Waals surface area contributed by atoms with E-state index < -0.39 is 28.1 Å². The van der Waals surface area contributed by atoms with Crippen molar-refractivity contribution in [2.75, 3.05) is 5.75 Å². The van der Waals surface area contributed by atoms with Crippen LogP contribution >= 0.6 is 0 Å². The van der Waals surface area contributed by atoms with Gasteiger partial charge in [0.25, 0.3) is 0 Å². The SMILES string of the molecule is C[C@H](CCC(=O)CCCS(=O)(=O)[O-])[C@H]1CC[C@H]2[C@@H]3[C@H](O)C[C@@H]4C[C@H](O)CC[C@]4(C)[C@H]3C[C@H](O)[C@]12C.[Na+]. The van der Waals surface area contributed by atoms with E-state index in [9.17, 15) is 33.1 Å². The summed E-state index contributed by atoms with van der Waals surface area (Å²) in [5.74, 6) is 0.996. The fourth-order valence-corrected chi connectivity index (χ4v) is 9.79. The molecule has 0 bridgehead atoms. The first-order chi connectivity index (χ1) is 16.3. The Kier molecular flexibility index (Phi) is 9.92. The van der Waals surface area contributed by atoms with Crippen molar-refractivity contribution >= 4 is 15.9 Å². The molecule has 0 amide bonds. The third kappa shape index (κ3) is 5.81.